The predicted molar refractivity (Wildman–Crippen MR) is 127 cm³/mol. The Morgan fingerprint density at radius 3 is 2.91 bits per heavy atom. The normalized spacial score (nSPS) is 12.4. The molecule has 0 saturated heterocycles. The van der Waals surface area contributed by atoms with Gasteiger partial charge in [0.2, 0.25) is 5.88 Å². The second kappa shape index (κ2) is 9.30. The van der Waals surface area contributed by atoms with Gasteiger partial charge in [0.25, 0.3) is 0 Å². The third-order valence-corrected chi connectivity index (χ3v) is 5.59. The highest BCUT2D eigenvalue weighted by Gasteiger charge is 2.19. The number of nitrogens with one attached hydrogen (secondary N) is 2. The van der Waals surface area contributed by atoms with Gasteiger partial charge in [-0.2, -0.15) is 0 Å². The first-order valence-corrected chi connectivity index (χ1v) is 10.9. The minimum absolute atomic E-state index is 0.189. The highest BCUT2D eigenvalue weighted by molar-refractivity contribution is 5.92. The fourth-order valence-corrected chi connectivity index (χ4v) is 3.87. The van der Waals surface area contributed by atoms with E-state index in [2.05, 4.69) is 25.6 Å². The average molecular weight is 459 g/mol. The van der Waals surface area contributed by atoms with Crippen molar-refractivity contribution in [1.82, 2.24) is 15.0 Å². The molecule has 34 heavy (non-hydrogen) atoms. The van der Waals surface area contributed by atoms with Gasteiger partial charge in [-0.3, -0.25) is 10.3 Å². The van der Waals surface area contributed by atoms with Crippen LogP contribution in [0.2, 0.25) is 0 Å². The van der Waals surface area contributed by atoms with E-state index in [1.54, 1.807) is 24.5 Å². The van der Waals surface area contributed by atoms with E-state index in [0.29, 0.717) is 47.8 Å². The molecule has 0 radical (unpaired) electrons. The minimum atomic E-state index is -0.620. The lowest BCUT2D eigenvalue weighted by Gasteiger charge is -2.21. The Labute approximate surface area is 195 Å². The van der Waals surface area contributed by atoms with Crippen LogP contribution < -0.4 is 15.4 Å². The summed E-state index contributed by atoms with van der Waals surface area (Å²) in [6.07, 6.45) is 4.71. The molecule has 9 heteroatoms. The Morgan fingerprint density at radius 1 is 1.15 bits per heavy atom. The average Bonchev–Trinajstić information content (AvgIpc) is 2.85. The van der Waals surface area contributed by atoms with Crippen molar-refractivity contribution in [1.29, 1.82) is 0 Å². The number of amides is 1. The van der Waals surface area contributed by atoms with Crippen LogP contribution in [0.25, 0.3) is 21.9 Å². The summed E-state index contributed by atoms with van der Waals surface area (Å²) < 4.78 is 25.8. The lowest BCUT2D eigenvalue weighted by molar-refractivity contribution is 0.162. The maximum absolute atomic E-state index is 15.0. The molecule has 2 N–H and O–H groups in total. The molecule has 4 heterocycles. The van der Waals surface area contributed by atoms with Crippen LogP contribution in [0.3, 0.4) is 0 Å². The second-order valence-electron chi connectivity index (χ2n) is 7.83. The summed E-state index contributed by atoms with van der Waals surface area (Å²) >= 11 is 0. The molecule has 0 unspecified atom stereocenters. The van der Waals surface area contributed by atoms with Crippen LogP contribution in [0.15, 0.2) is 55.0 Å². The van der Waals surface area contributed by atoms with Gasteiger partial charge in [0.1, 0.15) is 23.9 Å². The molecule has 8 nitrogen and oxygen atoms in total. The Kier molecular flexibility index (Phi) is 5.90. The lowest BCUT2D eigenvalue weighted by Crippen LogP contribution is -2.20. The summed E-state index contributed by atoms with van der Waals surface area (Å²) in [6, 6.07) is 10.4. The quantitative estimate of drug-likeness (QED) is 0.445. The molecule has 0 spiro atoms. The van der Waals surface area contributed by atoms with Gasteiger partial charge in [-0.25, -0.2) is 19.2 Å². The van der Waals surface area contributed by atoms with Crippen LogP contribution in [-0.2, 0) is 11.2 Å². The third-order valence-electron chi connectivity index (χ3n) is 5.59. The number of nitrogens with zero attached hydrogens (tertiary/aromatic N) is 3. The van der Waals surface area contributed by atoms with Gasteiger partial charge < -0.3 is 14.8 Å². The Bertz CT molecular complexity index is 1360. The number of carbonyl (C=O) groups excluding carboxylic acids is 1. The fraction of sp³-hybridized carbons (Fsp3) is 0.200. The van der Waals surface area contributed by atoms with Crippen LogP contribution in [0.1, 0.15) is 11.3 Å². The highest BCUT2D eigenvalue weighted by atomic mass is 19.1. The van der Waals surface area contributed by atoms with E-state index in [0.717, 1.165) is 22.3 Å². The molecule has 1 aliphatic heterocycles. The Morgan fingerprint density at radius 2 is 2.06 bits per heavy atom. The first kappa shape index (κ1) is 21.6. The van der Waals surface area contributed by atoms with Crippen LogP contribution in [0.4, 0.5) is 20.7 Å². The number of pyridine rings is 3. The molecule has 1 aliphatic rings. The number of aromatic nitrogens is 3. The molecule has 0 atom stereocenters. The molecule has 172 valence electrons. The molecule has 0 saturated carbocycles. The zero-order valence-electron chi connectivity index (χ0n) is 18.5. The molecule has 1 aromatic carbocycles. The number of fused-ring (bicyclic) bond motifs is 2. The van der Waals surface area contributed by atoms with E-state index in [1.165, 1.54) is 12.3 Å². The molecular formula is C25H22FN5O3. The molecule has 1 amide bonds. The van der Waals surface area contributed by atoms with E-state index < -0.39 is 6.09 Å². The van der Waals surface area contributed by atoms with Gasteiger partial charge in [0, 0.05) is 53.8 Å². The summed E-state index contributed by atoms with van der Waals surface area (Å²) in [5, 5.41) is 7.22. The molecule has 5 rings (SSSR count). The van der Waals surface area contributed by atoms with Crippen LogP contribution in [0, 0.1) is 12.7 Å². The zero-order chi connectivity index (χ0) is 23.5. The Hall–Kier alpha value is -4.27. The van der Waals surface area contributed by atoms with Gasteiger partial charge >= 0.3 is 6.09 Å². The summed E-state index contributed by atoms with van der Waals surface area (Å²) in [6.45, 7) is 3.30. The highest BCUT2D eigenvalue weighted by Crippen LogP contribution is 2.37. The minimum Gasteiger partial charge on any atom is -0.474 e. The summed E-state index contributed by atoms with van der Waals surface area (Å²) in [7, 11) is 0. The van der Waals surface area contributed by atoms with E-state index in [-0.39, 0.29) is 12.4 Å². The number of anilines is 2. The monoisotopic (exact) mass is 459 g/mol. The molecular weight excluding hydrogens is 437 g/mol. The second-order valence-corrected chi connectivity index (χ2v) is 7.83. The molecule has 0 fully saturated rings. The van der Waals surface area contributed by atoms with Crippen molar-refractivity contribution in [3.8, 4) is 17.0 Å². The van der Waals surface area contributed by atoms with Crippen molar-refractivity contribution in [3.63, 3.8) is 0 Å². The number of rotatable bonds is 5. The van der Waals surface area contributed by atoms with Gasteiger partial charge in [0.15, 0.2) is 0 Å². The zero-order valence-corrected chi connectivity index (χ0v) is 18.5. The van der Waals surface area contributed by atoms with E-state index in [1.807, 2.05) is 25.1 Å². The predicted octanol–water partition coefficient (Wildman–Crippen LogP) is 4.73. The summed E-state index contributed by atoms with van der Waals surface area (Å²) in [4.78, 5) is 24.9. The van der Waals surface area contributed by atoms with E-state index in [4.69, 9.17) is 9.47 Å². The number of ether oxygens (including phenoxy) is 2. The van der Waals surface area contributed by atoms with Crippen LogP contribution in [-0.4, -0.2) is 40.8 Å². The first-order chi connectivity index (χ1) is 16.6. The van der Waals surface area contributed by atoms with E-state index in [9.17, 15) is 4.79 Å². The molecule has 0 aliphatic carbocycles. The number of hydrogen-bond acceptors (Lipinski definition) is 7. The van der Waals surface area contributed by atoms with Crippen LogP contribution >= 0.6 is 0 Å². The number of halogens is 1. The number of benzene rings is 1. The maximum atomic E-state index is 15.0. The fourth-order valence-electron chi connectivity index (χ4n) is 3.87. The molecule has 0 bridgehead atoms. The van der Waals surface area contributed by atoms with Crippen molar-refractivity contribution in [3.05, 3.63) is 72.1 Å². The van der Waals surface area contributed by atoms with Gasteiger partial charge in [-0.05, 0) is 48.2 Å². The van der Waals surface area contributed by atoms with Gasteiger partial charge in [-0.1, -0.05) is 6.07 Å². The SMILES string of the molecule is Cc1c(-c2cc3cc(NC(=O)OCCc4ccccn4)ncc3cc2F)cnc2c1NCCO2. The standard InChI is InChI=1S/C25H22FN5O3/c1-15-20(14-30-24-23(15)28-7-9-33-24)19-10-16-12-22(29-13-17(16)11-21(19)26)31-25(32)34-8-5-18-4-2-3-6-27-18/h2-4,6,10-14,28H,5,7-9H2,1H3,(H,29,31,32). The Balaban J connectivity index is 1.35. The first-order valence-electron chi connectivity index (χ1n) is 10.9. The largest absolute Gasteiger partial charge is 0.474 e. The third kappa shape index (κ3) is 4.45. The number of carbonyl (C=O) groups is 1. The van der Waals surface area contributed by atoms with Crippen molar-refractivity contribution in [2.24, 2.45) is 0 Å². The van der Waals surface area contributed by atoms with Crippen molar-refractivity contribution in [2.75, 3.05) is 30.4 Å². The summed E-state index contributed by atoms with van der Waals surface area (Å²) in [5.74, 6) is 0.444. The molecule has 4 aromatic rings. The van der Waals surface area contributed by atoms with Crippen molar-refractivity contribution in [2.45, 2.75) is 13.3 Å². The molecule has 3 aromatic heterocycles. The van der Waals surface area contributed by atoms with Gasteiger partial charge in [-0.15, -0.1) is 0 Å². The lowest BCUT2D eigenvalue weighted by atomic mass is 9.98. The number of hydrogen-bond donors (Lipinski definition) is 2. The summed E-state index contributed by atoms with van der Waals surface area (Å²) in [5.41, 5.74) is 3.53. The maximum Gasteiger partial charge on any atom is 0.412 e. The van der Waals surface area contributed by atoms with Gasteiger partial charge in [0.05, 0.1) is 6.61 Å². The topological polar surface area (TPSA) is 98.3 Å². The smallest absolute Gasteiger partial charge is 0.412 e. The van der Waals surface area contributed by atoms with E-state index >= 15 is 4.39 Å². The van der Waals surface area contributed by atoms with Crippen molar-refractivity contribution >= 4 is 28.4 Å². The van der Waals surface area contributed by atoms with Crippen molar-refractivity contribution < 1.29 is 18.7 Å². The van der Waals surface area contributed by atoms with Crippen LogP contribution in [0.5, 0.6) is 5.88 Å².